The number of ether oxygens (including phenoxy) is 2. The first-order chi connectivity index (χ1) is 6.61. The minimum absolute atomic E-state index is 0.0434. The third-order valence-electron chi connectivity index (χ3n) is 2.04. The van der Waals surface area contributed by atoms with Crippen molar-refractivity contribution >= 4 is 0 Å². The standard InChI is InChI=1S/C10H15NO3/c1-6(11)9-7(13-2)4-5-8(14-3)10(9)12/h4-6,12H,11H2,1-3H3. The van der Waals surface area contributed by atoms with Gasteiger partial charge in [-0.2, -0.15) is 0 Å². The maximum atomic E-state index is 9.79. The number of methoxy groups -OCH3 is 2. The Hall–Kier alpha value is -1.42. The Kier molecular flexibility index (Phi) is 3.19. The van der Waals surface area contributed by atoms with Crippen LogP contribution in [0.1, 0.15) is 18.5 Å². The van der Waals surface area contributed by atoms with Crippen molar-refractivity contribution < 1.29 is 14.6 Å². The summed E-state index contributed by atoms with van der Waals surface area (Å²) < 4.78 is 10.1. The van der Waals surface area contributed by atoms with Gasteiger partial charge in [0.25, 0.3) is 0 Å². The van der Waals surface area contributed by atoms with E-state index in [0.717, 1.165) is 0 Å². The first kappa shape index (κ1) is 10.7. The highest BCUT2D eigenvalue weighted by atomic mass is 16.5. The zero-order valence-corrected chi connectivity index (χ0v) is 8.57. The second-order valence-corrected chi connectivity index (χ2v) is 3.02. The van der Waals surface area contributed by atoms with E-state index < -0.39 is 0 Å². The van der Waals surface area contributed by atoms with Crippen LogP contribution in [0.25, 0.3) is 0 Å². The van der Waals surface area contributed by atoms with Crippen molar-refractivity contribution in [1.29, 1.82) is 0 Å². The molecule has 14 heavy (non-hydrogen) atoms. The lowest BCUT2D eigenvalue weighted by Crippen LogP contribution is -2.07. The summed E-state index contributed by atoms with van der Waals surface area (Å²) in [5.74, 6) is 1.01. The smallest absolute Gasteiger partial charge is 0.166 e. The van der Waals surface area contributed by atoms with E-state index in [2.05, 4.69) is 0 Å². The zero-order chi connectivity index (χ0) is 10.7. The van der Waals surface area contributed by atoms with Crippen molar-refractivity contribution in [2.75, 3.05) is 14.2 Å². The van der Waals surface area contributed by atoms with Crippen LogP contribution in [0.2, 0.25) is 0 Å². The largest absolute Gasteiger partial charge is 0.504 e. The number of rotatable bonds is 3. The Labute approximate surface area is 83.3 Å². The minimum Gasteiger partial charge on any atom is -0.504 e. The Morgan fingerprint density at radius 3 is 2.14 bits per heavy atom. The van der Waals surface area contributed by atoms with Crippen molar-refractivity contribution in [3.63, 3.8) is 0 Å². The second kappa shape index (κ2) is 4.19. The van der Waals surface area contributed by atoms with Gasteiger partial charge in [0.2, 0.25) is 0 Å². The van der Waals surface area contributed by atoms with Gasteiger partial charge >= 0.3 is 0 Å². The van der Waals surface area contributed by atoms with E-state index in [4.69, 9.17) is 15.2 Å². The first-order valence-corrected chi connectivity index (χ1v) is 4.31. The van der Waals surface area contributed by atoms with Crippen LogP contribution in [0.15, 0.2) is 12.1 Å². The number of nitrogens with two attached hydrogens (primary N) is 1. The molecule has 0 aliphatic heterocycles. The number of phenols is 1. The van der Waals surface area contributed by atoms with Crippen LogP contribution in [0.3, 0.4) is 0 Å². The van der Waals surface area contributed by atoms with Crippen molar-refractivity contribution in [3.05, 3.63) is 17.7 Å². The zero-order valence-electron chi connectivity index (χ0n) is 8.57. The van der Waals surface area contributed by atoms with E-state index in [1.807, 2.05) is 0 Å². The molecule has 0 aliphatic carbocycles. The Bertz CT molecular complexity index is 323. The average molecular weight is 197 g/mol. The highest BCUT2D eigenvalue weighted by molar-refractivity contribution is 5.54. The molecular formula is C10H15NO3. The van der Waals surface area contributed by atoms with Crippen LogP contribution in [0.5, 0.6) is 17.2 Å². The molecule has 4 heteroatoms. The molecule has 0 spiro atoms. The summed E-state index contributed by atoms with van der Waals surface area (Å²) in [7, 11) is 3.03. The summed E-state index contributed by atoms with van der Waals surface area (Å²) >= 11 is 0. The normalized spacial score (nSPS) is 12.3. The number of hydrogen-bond acceptors (Lipinski definition) is 4. The van der Waals surface area contributed by atoms with Gasteiger partial charge in [0.15, 0.2) is 11.5 Å². The maximum Gasteiger partial charge on any atom is 0.166 e. The summed E-state index contributed by atoms with van der Waals surface area (Å²) in [6.45, 7) is 1.77. The molecule has 3 N–H and O–H groups in total. The fraction of sp³-hybridized carbons (Fsp3) is 0.400. The first-order valence-electron chi connectivity index (χ1n) is 4.31. The van der Waals surface area contributed by atoms with Crippen molar-refractivity contribution in [2.45, 2.75) is 13.0 Å². The molecule has 1 aromatic rings. The van der Waals surface area contributed by atoms with Crippen LogP contribution in [-0.4, -0.2) is 19.3 Å². The van der Waals surface area contributed by atoms with E-state index in [0.29, 0.717) is 17.1 Å². The molecule has 1 aromatic carbocycles. The number of hydrogen-bond donors (Lipinski definition) is 2. The fourth-order valence-electron chi connectivity index (χ4n) is 1.35. The van der Waals surface area contributed by atoms with Gasteiger partial charge in [-0.25, -0.2) is 0 Å². The molecule has 0 aromatic heterocycles. The van der Waals surface area contributed by atoms with E-state index >= 15 is 0 Å². The van der Waals surface area contributed by atoms with E-state index in [1.165, 1.54) is 14.2 Å². The monoisotopic (exact) mass is 197 g/mol. The predicted octanol–water partition coefficient (Wildman–Crippen LogP) is 1.43. The topological polar surface area (TPSA) is 64.7 Å². The van der Waals surface area contributed by atoms with Gasteiger partial charge in [-0.1, -0.05) is 0 Å². The Morgan fingerprint density at radius 2 is 1.71 bits per heavy atom. The lowest BCUT2D eigenvalue weighted by Gasteiger charge is -2.15. The Balaban J connectivity index is 3.31. The predicted molar refractivity (Wildman–Crippen MR) is 53.8 cm³/mol. The molecule has 1 atom stereocenters. The lowest BCUT2D eigenvalue weighted by molar-refractivity contribution is 0.357. The lowest BCUT2D eigenvalue weighted by atomic mass is 10.1. The molecule has 78 valence electrons. The van der Waals surface area contributed by atoms with Crippen molar-refractivity contribution in [1.82, 2.24) is 0 Å². The van der Waals surface area contributed by atoms with Crippen LogP contribution in [-0.2, 0) is 0 Å². The van der Waals surface area contributed by atoms with Gasteiger partial charge in [0, 0.05) is 6.04 Å². The molecule has 4 nitrogen and oxygen atoms in total. The minimum atomic E-state index is -0.306. The molecule has 0 amide bonds. The van der Waals surface area contributed by atoms with Gasteiger partial charge in [0.05, 0.1) is 19.8 Å². The molecule has 0 fully saturated rings. The number of benzene rings is 1. The number of phenolic OH excluding ortho intramolecular Hbond substituents is 1. The molecule has 0 aliphatic rings. The summed E-state index contributed by atoms with van der Waals surface area (Å²) in [6.07, 6.45) is 0. The Morgan fingerprint density at radius 1 is 1.21 bits per heavy atom. The molecule has 0 radical (unpaired) electrons. The third-order valence-corrected chi connectivity index (χ3v) is 2.04. The maximum absolute atomic E-state index is 9.79. The van der Waals surface area contributed by atoms with Crippen molar-refractivity contribution in [2.24, 2.45) is 5.73 Å². The van der Waals surface area contributed by atoms with Gasteiger partial charge in [0.1, 0.15) is 5.75 Å². The molecule has 0 bridgehead atoms. The summed E-state index contributed by atoms with van der Waals surface area (Å²) in [5, 5.41) is 9.79. The van der Waals surface area contributed by atoms with E-state index in [1.54, 1.807) is 19.1 Å². The molecule has 0 heterocycles. The molecule has 1 unspecified atom stereocenters. The van der Waals surface area contributed by atoms with Crippen molar-refractivity contribution in [3.8, 4) is 17.2 Å². The van der Waals surface area contributed by atoms with Crippen LogP contribution < -0.4 is 15.2 Å². The van der Waals surface area contributed by atoms with E-state index in [9.17, 15) is 5.11 Å². The van der Waals surface area contributed by atoms with Crippen LogP contribution >= 0.6 is 0 Å². The van der Waals surface area contributed by atoms with Gasteiger partial charge in [-0.15, -0.1) is 0 Å². The molecule has 0 saturated heterocycles. The quantitative estimate of drug-likeness (QED) is 0.769. The van der Waals surface area contributed by atoms with E-state index in [-0.39, 0.29) is 11.8 Å². The highest BCUT2D eigenvalue weighted by Crippen LogP contribution is 2.39. The summed E-state index contributed by atoms with van der Waals surface area (Å²) in [6, 6.07) is 3.05. The van der Waals surface area contributed by atoms with Gasteiger partial charge in [-0.3, -0.25) is 0 Å². The second-order valence-electron chi connectivity index (χ2n) is 3.02. The fourth-order valence-corrected chi connectivity index (χ4v) is 1.35. The average Bonchev–Trinajstić information content (AvgIpc) is 2.16. The van der Waals surface area contributed by atoms with Gasteiger partial charge < -0.3 is 20.3 Å². The van der Waals surface area contributed by atoms with Gasteiger partial charge in [-0.05, 0) is 19.1 Å². The third kappa shape index (κ3) is 1.75. The SMILES string of the molecule is COc1ccc(OC)c(C(C)N)c1O. The summed E-state index contributed by atoms with van der Waals surface area (Å²) in [4.78, 5) is 0. The molecule has 1 rings (SSSR count). The molecule has 0 saturated carbocycles. The summed E-state index contributed by atoms with van der Waals surface area (Å²) in [5.41, 5.74) is 6.28. The van der Waals surface area contributed by atoms with Crippen LogP contribution in [0, 0.1) is 0 Å². The molecular weight excluding hydrogens is 182 g/mol. The number of aromatic hydroxyl groups is 1. The highest BCUT2D eigenvalue weighted by Gasteiger charge is 2.16. The van der Waals surface area contributed by atoms with Crippen LogP contribution in [0.4, 0.5) is 0 Å².